The second kappa shape index (κ2) is 7.38. The zero-order valence-electron chi connectivity index (χ0n) is 13.9. The molecule has 1 amide bonds. The molecule has 1 aliphatic heterocycles. The molecule has 1 aromatic carbocycles. The first-order valence-electron chi connectivity index (χ1n) is 7.98. The van der Waals surface area contributed by atoms with Crippen molar-refractivity contribution >= 4 is 29.0 Å². The zero-order chi connectivity index (χ0) is 17.9. The maximum atomic E-state index is 12.3. The molecule has 1 atom stereocenters. The SMILES string of the molecule is C[C@@H](Sc1n[nH]c(-c2cccs2)n1)C(=O)NCc1ccc2c(c1)OCO2. The number of fused-ring (bicyclic) bond motifs is 1. The van der Waals surface area contributed by atoms with Gasteiger partial charge in [-0.25, -0.2) is 4.98 Å². The van der Waals surface area contributed by atoms with E-state index in [1.807, 2.05) is 42.6 Å². The van der Waals surface area contributed by atoms with Crippen LogP contribution in [0.5, 0.6) is 11.5 Å². The lowest BCUT2D eigenvalue weighted by Gasteiger charge is -2.10. The molecule has 3 heterocycles. The third-order valence-corrected chi connectivity index (χ3v) is 5.61. The lowest BCUT2D eigenvalue weighted by atomic mass is 10.2. The third-order valence-electron chi connectivity index (χ3n) is 3.77. The summed E-state index contributed by atoms with van der Waals surface area (Å²) < 4.78 is 10.6. The summed E-state index contributed by atoms with van der Waals surface area (Å²) in [6, 6.07) is 9.57. The first kappa shape index (κ1) is 16.9. The van der Waals surface area contributed by atoms with E-state index in [-0.39, 0.29) is 18.0 Å². The number of aromatic nitrogens is 3. The monoisotopic (exact) mass is 388 g/mol. The smallest absolute Gasteiger partial charge is 0.233 e. The second-order valence-electron chi connectivity index (χ2n) is 5.61. The summed E-state index contributed by atoms with van der Waals surface area (Å²) in [7, 11) is 0. The number of amides is 1. The lowest BCUT2D eigenvalue weighted by Crippen LogP contribution is -2.30. The van der Waals surface area contributed by atoms with Crippen molar-refractivity contribution in [3.05, 3.63) is 41.3 Å². The standard InChI is InChI=1S/C17H16N4O3S2/c1-10(26-17-19-15(20-21-17)14-3-2-6-25-14)16(22)18-8-11-4-5-12-13(7-11)24-9-23-12/h2-7,10H,8-9H2,1H3,(H,18,22)(H,19,20,21)/t10-/m1/s1. The van der Waals surface area contributed by atoms with E-state index in [1.54, 1.807) is 11.3 Å². The van der Waals surface area contributed by atoms with Crippen molar-refractivity contribution in [2.24, 2.45) is 0 Å². The molecule has 0 unspecified atom stereocenters. The molecular formula is C17H16N4O3S2. The van der Waals surface area contributed by atoms with Crippen LogP contribution in [-0.2, 0) is 11.3 Å². The Hall–Kier alpha value is -2.52. The predicted molar refractivity (Wildman–Crippen MR) is 99.4 cm³/mol. The fourth-order valence-electron chi connectivity index (χ4n) is 2.42. The molecular weight excluding hydrogens is 372 g/mol. The van der Waals surface area contributed by atoms with Gasteiger partial charge in [-0.15, -0.1) is 16.4 Å². The number of hydrogen-bond acceptors (Lipinski definition) is 7. The van der Waals surface area contributed by atoms with E-state index in [0.29, 0.717) is 17.5 Å². The van der Waals surface area contributed by atoms with E-state index in [4.69, 9.17) is 9.47 Å². The van der Waals surface area contributed by atoms with Gasteiger partial charge >= 0.3 is 0 Å². The van der Waals surface area contributed by atoms with Crippen LogP contribution in [0.3, 0.4) is 0 Å². The van der Waals surface area contributed by atoms with Crippen molar-refractivity contribution < 1.29 is 14.3 Å². The molecule has 9 heteroatoms. The second-order valence-corrected chi connectivity index (χ2v) is 7.87. The normalized spacial score (nSPS) is 13.6. The Balaban J connectivity index is 1.32. The van der Waals surface area contributed by atoms with E-state index < -0.39 is 0 Å². The van der Waals surface area contributed by atoms with Gasteiger partial charge in [-0.3, -0.25) is 9.89 Å². The molecule has 0 fully saturated rings. The largest absolute Gasteiger partial charge is 0.454 e. The Bertz CT molecular complexity index is 911. The molecule has 0 aliphatic carbocycles. The molecule has 26 heavy (non-hydrogen) atoms. The van der Waals surface area contributed by atoms with Crippen LogP contribution in [0, 0.1) is 0 Å². The van der Waals surface area contributed by atoms with E-state index in [9.17, 15) is 4.79 Å². The summed E-state index contributed by atoms with van der Waals surface area (Å²) in [6.07, 6.45) is 0. The number of rotatable bonds is 6. The summed E-state index contributed by atoms with van der Waals surface area (Å²) in [5.74, 6) is 2.08. The summed E-state index contributed by atoms with van der Waals surface area (Å²) in [6.45, 7) is 2.50. The van der Waals surface area contributed by atoms with Gasteiger partial charge in [0.15, 0.2) is 17.3 Å². The lowest BCUT2D eigenvalue weighted by molar-refractivity contribution is -0.120. The molecule has 0 radical (unpaired) electrons. The highest BCUT2D eigenvalue weighted by Gasteiger charge is 2.18. The van der Waals surface area contributed by atoms with Gasteiger partial charge in [0.05, 0.1) is 10.1 Å². The van der Waals surface area contributed by atoms with E-state index in [2.05, 4.69) is 20.5 Å². The van der Waals surface area contributed by atoms with Crippen LogP contribution < -0.4 is 14.8 Å². The molecule has 0 spiro atoms. The number of benzene rings is 1. The first-order chi connectivity index (χ1) is 12.7. The van der Waals surface area contributed by atoms with Gasteiger partial charge in [0.25, 0.3) is 0 Å². The number of nitrogens with one attached hydrogen (secondary N) is 2. The van der Waals surface area contributed by atoms with Crippen LogP contribution in [0.15, 0.2) is 40.9 Å². The quantitative estimate of drug-likeness (QED) is 0.631. The molecule has 0 bridgehead atoms. The summed E-state index contributed by atoms with van der Waals surface area (Å²) in [5, 5.41) is 12.2. The first-order valence-corrected chi connectivity index (χ1v) is 9.74. The Kier molecular flexibility index (Phi) is 4.81. The summed E-state index contributed by atoms with van der Waals surface area (Å²) in [4.78, 5) is 17.8. The van der Waals surface area contributed by atoms with E-state index in [1.165, 1.54) is 11.8 Å². The average Bonchev–Trinajstić information content (AvgIpc) is 3.39. The van der Waals surface area contributed by atoms with Gasteiger partial charge in [0.1, 0.15) is 0 Å². The number of thioether (sulfide) groups is 1. The fraction of sp³-hybridized carbons (Fsp3) is 0.235. The topological polar surface area (TPSA) is 89.1 Å². The number of ether oxygens (including phenoxy) is 2. The molecule has 7 nitrogen and oxygen atoms in total. The van der Waals surface area contributed by atoms with Crippen LogP contribution in [0.2, 0.25) is 0 Å². The Morgan fingerprint density at radius 2 is 2.27 bits per heavy atom. The highest BCUT2D eigenvalue weighted by Crippen LogP contribution is 2.32. The molecule has 4 rings (SSSR count). The highest BCUT2D eigenvalue weighted by atomic mass is 32.2. The van der Waals surface area contributed by atoms with Crippen molar-refractivity contribution in [1.82, 2.24) is 20.5 Å². The van der Waals surface area contributed by atoms with Crippen molar-refractivity contribution in [1.29, 1.82) is 0 Å². The minimum atomic E-state index is -0.309. The number of carbonyl (C=O) groups excluding carboxylic acids is 1. The molecule has 1 aliphatic rings. The van der Waals surface area contributed by atoms with Gasteiger partial charge in [-0.2, -0.15) is 0 Å². The Labute approximate surface area is 158 Å². The molecule has 2 aromatic heterocycles. The van der Waals surface area contributed by atoms with Gasteiger partial charge in [-0.05, 0) is 36.1 Å². The molecule has 3 aromatic rings. The minimum Gasteiger partial charge on any atom is -0.454 e. The number of aromatic amines is 1. The van der Waals surface area contributed by atoms with E-state index >= 15 is 0 Å². The maximum Gasteiger partial charge on any atom is 0.233 e. The van der Waals surface area contributed by atoms with Crippen LogP contribution >= 0.6 is 23.1 Å². The number of hydrogen-bond donors (Lipinski definition) is 2. The maximum absolute atomic E-state index is 12.3. The van der Waals surface area contributed by atoms with Crippen LogP contribution in [-0.4, -0.2) is 33.1 Å². The molecule has 0 saturated carbocycles. The van der Waals surface area contributed by atoms with Crippen molar-refractivity contribution in [2.45, 2.75) is 23.9 Å². The summed E-state index contributed by atoms with van der Waals surface area (Å²) in [5.41, 5.74) is 0.956. The number of nitrogens with zero attached hydrogens (tertiary/aromatic N) is 2. The van der Waals surface area contributed by atoms with Gasteiger partial charge in [-0.1, -0.05) is 23.9 Å². The number of H-pyrrole nitrogens is 1. The van der Waals surface area contributed by atoms with Gasteiger partial charge < -0.3 is 14.8 Å². The number of thiophene rings is 1. The predicted octanol–water partition coefficient (Wildman–Crippen LogP) is 3.06. The van der Waals surface area contributed by atoms with Gasteiger partial charge in [0, 0.05) is 6.54 Å². The van der Waals surface area contributed by atoms with Crippen LogP contribution in [0.4, 0.5) is 0 Å². The fourth-order valence-corrected chi connectivity index (χ4v) is 3.83. The summed E-state index contributed by atoms with van der Waals surface area (Å²) >= 11 is 2.91. The van der Waals surface area contributed by atoms with Crippen LogP contribution in [0.1, 0.15) is 12.5 Å². The van der Waals surface area contributed by atoms with Crippen molar-refractivity contribution in [3.63, 3.8) is 0 Å². The molecule has 134 valence electrons. The molecule has 2 N–H and O–H groups in total. The Morgan fingerprint density at radius 1 is 1.38 bits per heavy atom. The van der Waals surface area contributed by atoms with Crippen LogP contribution in [0.25, 0.3) is 10.7 Å². The molecule has 0 saturated heterocycles. The van der Waals surface area contributed by atoms with Gasteiger partial charge in [0.2, 0.25) is 17.9 Å². The van der Waals surface area contributed by atoms with Crippen molar-refractivity contribution in [3.8, 4) is 22.2 Å². The zero-order valence-corrected chi connectivity index (χ0v) is 15.5. The number of carbonyl (C=O) groups is 1. The average molecular weight is 388 g/mol. The van der Waals surface area contributed by atoms with Crippen molar-refractivity contribution in [2.75, 3.05) is 6.79 Å². The highest BCUT2D eigenvalue weighted by molar-refractivity contribution is 8.00. The Morgan fingerprint density at radius 3 is 3.12 bits per heavy atom. The minimum absolute atomic E-state index is 0.0739. The third kappa shape index (κ3) is 3.68. The van der Waals surface area contributed by atoms with E-state index in [0.717, 1.165) is 22.0 Å².